The molecule has 0 unspecified atom stereocenters. The fourth-order valence-electron chi connectivity index (χ4n) is 1.10. The zero-order chi connectivity index (χ0) is 12.1. The van der Waals surface area contributed by atoms with Gasteiger partial charge >= 0.3 is 5.97 Å². The molecule has 84 valence electrons. The Morgan fingerprint density at radius 1 is 1.50 bits per heavy atom. The largest absolute Gasteiger partial charge is 0.465 e. The molecule has 1 rings (SSSR count). The van der Waals surface area contributed by atoms with Gasteiger partial charge in [-0.2, -0.15) is 0 Å². The zero-order valence-corrected chi connectivity index (χ0v) is 10.0. The van der Waals surface area contributed by atoms with Crippen LogP contribution in [0.15, 0.2) is 5.38 Å². The van der Waals surface area contributed by atoms with E-state index in [-0.39, 0.29) is 0 Å². The summed E-state index contributed by atoms with van der Waals surface area (Å²) in [7, 11) is 1.30. The monoisotopic (exact) mass is 237 g/mol. The molecule has 0 saturated carbocycles. The van der Waals surface area contributed by atoms with E-state index >= 15 is 0 Å². The Labute approximate surface area is 97.6 Å². The van der Waals surface area contributed by atoms with Crippen molar-refractivity contribution in [2.75, 3.05) is 12.4 Å². The Kier molecular flexibility index (Phi) is 4.09. The molecule has 0 aliphatic heterocycles. The van der Waals surface area contributed by atoms with Crippen molar-refractivity contribution in [3.63, 3.8) is 0 Å². The summed E-state index contributed by atoms with van der Waals surface area (Å²) in [6.07, 6.45) is 0. The van der Waals surface area contributed by atoms with Crippen LogP contribution < -0.4 is 5.32 Å². The second-order valence-corrected chi connectivity index (χ2v) is 3.82. The molecule has 0 atom stereocenters. The Balaban J connectivity index is 3.01. The fourth-order valence-corrected chi connectivity index (χ4v) is 2.02. The van der Waals surface area contributed by atoms with Gasteiger partial charge in [0.15, 0.2) is 0 Å². The molecule has 0 aromatic carbocycles. The molecule has 1 heterocycles. The van der Waals surface area contributed by atoms with Gasteiger partial charge in [-0.25, -0.2) is 4.79 Å². The van der Waals surface area contributed by atoms with Crippen molar-refractivity contribution in [3.8, 4) is 11.8 Å². The van der Waals surface area contributed by atoms with Gasteiger partial charge in [0.1, 0.15) is 4.88 Å². The van der Waals surface area contributed by atoms with Crippen molar-refractivity contribution in [3.05, 3.63) is 15.8 Å². The Bertz CT molecular complexity index is 479. The molecule has 1 aromatic heterocycles. The summed E-state index contributed by atoms with van der Waals surface area (Å²) in [5.41, 5.74) is 1.29. The van der Waals surface area contributed by atoms with Crippen LogP contribution in [0.4, 0.5) is 5.69 Å². The molecule has 5 heteroatoms. The first-order valence-electron chi connectivity index (χ1n) is 4.50. The smallest absolute Gasteiger partial charge is 0.350 e. The van der Waals surface area contributed by atoms with Crippen LogP contribution in [0, 0.1) is 18.8 Å². The molecule has 1 amide bonds. The van der Waals surface area contributed by atoms with Crippen molar-refractivity contribution in [1.82, 2.24) is 0 Å². The predicted octanol–water partition coefficient (Wildman–Crippen LogP) is 1.80. The first-order chi connectivity index (χ1) is 7.60. The molecule has 16 heavy (non-hydrogen) atoms. The molecule has 0 aliphatic rings. The lowest BCUT2D eigenvalue weighted by Gasteiger charge is -2.03. The summed E-state index contributed by atoms with van der Waals surface area (Å²) >= 11 is 1.23. The topological polar surface area (TPSA) is 55.4 Å². The number of thiophene rings is 1. The van der Waals surface area contributed by atoms with E-state index < -0.39 is 11.9 Å². The van der Waals surface area contributed by atoms with Crippen molar-refractivity contribution >= 4 is 28.9 Å². The van der Waals surface area contributed by atoms with E-state index in [1.807, 2.05) is 0 Å². The lowest BCUT2D eigenvalue weighted by atomic mass is 10.2. The van der Waals surface area contributed by atoms with Crippen LogP contribution in [0.2, 0.25) is 0 Å². The Hall–Kier alpha value is -1.80. The molecule has 1 aromatic rings. The zero-order valence-electron chi connectivity index (χ0n) is 9.21. The Morgan fingerprint density at radius 3 is 2.75 bits per heavy atom. The highest BCUT2D eigenvalue weighted by Gasteiger charge is 2.17. The number of ether oxygens (including phenoxy) is 1. The fraction of sp³-hybridized carbons (Fsp3) is 0.273. The van der Waals surface area contributed by atoms with Crippen molar-refractivity contribution in [2.24, 2.45) is 0 Å². The average molecular weight is 237 g/mol. The number of amides is 1. The first-order valence-corrected chi connectivity index (χ1v) is 5.38. The average Bonchev–Trinajstić information content (AvgIpc) is 2.60. The third-order valence-electron chi connectivity index (χ3n) is 1.82. The number of rotatable bonds is 2. The van der Waals surface area contributed by atoms with Gasteiger partial charge in [0.05, 0.1) is 12.8 Å². The quantitative estimate of drug-likeness (QED) is 0.630. The number of hydrogen-bond acceptors (Lipinski definition) is 4. The SMILES string of the molecule is CC#CC(=O)Nc1c(C)csc1C(=O)OC. The van der Waals surface area contributed by atoms with Crippen LogP contribution in [0.5, 0.6) is 0 Å². The van der Waals surface area contributed by atoms with Gasteiger partial charge in [0.2, 0.25) is 0 Å². The number of methoxy groups -OCH3 is 1. The third-order valence-corrected chi connectivity index (χ3v) is 2.90. The Morgan fingerprint density at radius 2 is 2.19 bits per heavy atom. The lowest BCUT2D eigenvalue weighted by Crippen LogP contribution is -2.12. The van der Waals surface area contributed by atoms with Gasteiger partial charge in [-0.3, -0.25) is 4.79 Å². The molecule has 0 fully saturated rings. The van der Waals surface area contributed by atoms with Crippen molar-refractivity contribution in [1.29, 1.82) is 0 Å². The normalized spacial score (nSPS) is 8.94. The number of carbonyl (C=O) groups is 2. The summed E-state index contributed by atoms with van der Waals surface area (Å²) in [6, 6.07) is 0. The van der Waals surface area contributed by atoms with E-state index in [4.69, 9.17) is 0 Å². The summed E-state index contributed by atoms with van der Waals surface area (Å²) < 4.78 is 4.62. The highest BCUT2D eigenvalue weighted by Crippen LogP contribution is 2.28. The number of esters is 1. The van der Waals surface area contributed by atoms with E-state index in [1.54, 1.807) is 19.2 Å². The third kappa shape index (κ3) is 2.61. The molecule has 0 bridgehead atoms. The highest BCUT2D eigenvalue weighted by molar-refractivity contribution is 7.12. The minimum absolute atomic E-state index is 0.381. The number of anilines is 1. The van der Waals surface area contributed by atoms with Gasteiger partial charge in [-0.1, -0.05) is 5.92 Å². The second kappa shape index (κ2) is 5.33. The van der Waals surface area contributed by atoms with Crippen molar-refractivity contribution in [2.45, 2.75) is 13.8 Å². The molecule has 4 nitrogen and oxygen atoms in total. The molecule has 0 saturated heterocycles. The maximum atomic E-state index is 11.4. The van der Waals surface area contributed by atoms with Gasteiger partial charge in [-0.05, 0) is 30.7 Å². The first kappa shape index (κ1) is 12.3. The van der Waals surface area contributed by atoms with E-state index in [1.165, 1.54) is 18.4 Å². The van der Waals surface area contributed by atoms with E-state index in [0.29, 0.717) is 10.6 Å². The van der Waals surface area contributed by atoms with Crippen LogP contribution in [-0.4, -0.2) is 19.0 Å². The van der Waals surface area contributed by atoms with E-state index in [0.717, 1.165) is 5.56 Å². The van der Waals surface area contributed by atoms with Gasteiger partial charge in [0, 0.05) is 0 Å². The van der Waals surface area contributed by atoms with Crippen LogP contribution in [0.1, 0.15) is 22.2 Å². The van der Waals surface area contributed by atoms with Crippen LogP contribution in [0.3, 0.4) is 0 Å². The van der Waals surface area contributed by atoms with Gasteiger partial charge < -0.3 is 10.1 Å². The van der Waals surface area contributed by atoms with Gasteiger partial charge in [0.25, 0.3) is 5.91 Å². The van der Waals surface area contributed by atoms with E-state index in [9.17, 15) is 9.59 Å². The van der Waals surface area contributed by atoms with Crippen LogP contribution >= 0.6 is 11.3 Å². The predicted molar refractivity (Wildman–Crippen MR) is 62.5 cm³/mol. The molecule has 0 spiro atoms. The van der Waals surface area contributed by atoms with Gasteiger partial charge in [-0.15, -0.1) is 11.3 Å². The molecular weight excluding hydrogens is 226 g/mol. The number of carbonyl (C=O) groups excluding carboxylic acids is 2. The number of aryl methyl sites for hydroxylation is 1. The number of nitrogens with one attached hydrogen (secondary N) is 1. The van der Waals surface area contributed by atoms with E-state index in [2.05, 4.69) is 21.9 Å². The summed E-state index contributed by atoms with van der Waals surface area (Å²) in [5, 5.41) is 4.35. The lowest BCUT2D eigenvalue weighted by molar-refractivity contribution is -0.111. The molecule has 1 N–H and O–H groups in total. The van der Waals surface area contributed by atoms with Crippen LogP contribution in [0.25, 0.3) is 0 Å². The minimum Gasteiger partial charge on any atom is -0.465 e. The van der Waals surface area contributed by atoms with Crippen LogP contribution in [-0.2, 0) is 9.53 Å². The maximum Gasteiger partial charge on any atom is 0.350 e. The molecule has 0 radical (unpaired) electrons. The molecular formula is C11H11NO3S. The summed E-state index contributed by atoms with van der Waals surface area (Å²) in [5.74, 6) is 3.94. The summed E-state index contributed by atoms with van der Waals surface area (Å²) in [4.78, 5) is 23.1. The standard InChI is InChI=1S/C11H11NO3S/c1-4-5-8(13)12-9-7(2)6-16-10(9)11(14)15-3/h6H,1-3H3,(H,12,13). The maximum absolute atomic E-state index is 11.4. The molecule has 0 aliphatic carbocycles. The minimum atomic E-state index is -0.460. The summed E-state index contributed by atoms with van der Waals surface area (Å²) in [6.45, 7) is 3.37. The number of hydrogen-bond donors (Lipinski definition) is 1. The highest BCUT2D eigenvalue weighted by atomic mass is 32.1. The second-order valence-electron chi connectivity index (χ2n) is 2.94. The van der Waals surface area contributed by atoms with Crippen molar-refractivity contribution < 1.29 is 14.3 Å².